The predicted octanol–water partition coefficient (Wildman–Crippen LogP) is 2.90. The zero-order chi connectivity index (χ0) is 13.0. The maximum atomic E-state index is 5.76. The van der Waals surface area contributed by atoms with Gasteiger partial charge in [0.1, 0.15) is 0 Å². The zero-order valence-electron chi connectivity index (χ0n) is 10.2. The highest BCUT2D eigenvalue weighted by atomic mass is 35.5. The van der Waals surface area contributed by atoms with Gasteiger partial charge in [-0.05, 0) is 24.3 Å². The van der Waals surface area contributed by atoms with Crippen LogP contribution in [-0.2, 0) is 5.88 Å². The van der Waals surface area contributed by atoms with Crippen LogP contribution in [0.1, 0.15) is 5.69 Å². The molecule has 1 aromatic carbocycles. The molecule has 0 radical (unpaired) electrons. The van der Waals surface area contributed by atoms with Gasteiger partial charge in [-0.3, -0.25) is 0 Å². The van der Waals surface area contributed by atoms with E-state index in [9.17, 15) is 0 Å². The standard InChI is InChI=1S/C13H13ClN2O2/c1-17-11-4-3-9(7-12(11)18-2)13-15-6-5-10(8-14)16-13/h3-7H,8H2,1-2H3. The van der Waals surface area contributed by atoms with Gasteiger partial charge in [-0.2, -0.15) is 0 Å². The van der Waals surface area contributed by atoms with Crippen molar-refractivity contribution in [1.29, 1.82) is 0 Å². The molecule has 0 N–H and O–H groups in total. The molecule has 0 amide bonds. The number of aromatic nitrogens is 2. The van der Waals surface area contributed by atoms with Gasteiger partial charge in [-0.15, -0.1) is 11.6 Å². The molecule has 2 rings (SSSR count). The first-order valence-corrected chi connectivity index (χ1v) is 5.92. The highest BCUT2D eigenvalue weighted by molar-refractivity contribution is 6.16. The molecule has 0 saturated heterocycles. The third-order valence-corrected chi connectivity index (χ3v) is 2.77. The van der Waals surface area contributed by atoms with E-state index in [2.05, 4.69) is 9.97 Å². The molecule has 0 atom stereocenters. The van der Waals surface area contributed by atoms with Crippen LogP contribution in [0.3, 0.4) is 0 Å². The lowest BCUT2D eigenvalue weighted by atomic mass is 10.2. The first kappa shape index (κ1) is 12.6. The van der Waals surface area contributed by atoms with Crippen molar-refractivity contribution in [2.75, 3.05) is 14.2 Å². The summed E-state index contributed by atoms with van der Waals surface area (Å²) in [5.41, 5.74) is 1.65. The van der Waals surface area contributed by atoms with E-state index in [1.165, 1.54) is 0 Å². The van der Waals surface area contributed by atoms with Gasteiger partial charge >= 0.3 is 0 Å². The zero-order valence-corrected chi connectivity index (χ0v) is 10.9. The second kappa shape index (κ2) is 5.69. The molecule has 1 aromatic heterocycles. The molecule has 18 heavy (non-hydrogen) atoms. The van der Waals surface area contributed by atoms with Crippen LogP contribution >= 0.6 is 11.6 Å². The molecule has 0 aliphatic rings. The van der Waals surface area contributed by atoms with Crippen LogP contribution < -0.4 is 9.47 Å². The summed E-state index contributed by atoms with van der Waals surface area (Å²) in [6, 6.07) is 7.34. The highest BCUT2D eigenvalue weighted by Crippen LogP contribution is 2.30. The molecular formula is C13H13ClN2O2. The SMILES string of the molecule is COc1ccc(-c2nccc(CCl)n2)cc1OC. The molecule has 0 unspecified atom stereocenters. The van der Waals surface area contributed by atoms with Crippen LogP contribution in [0.5, 0.6) is 11.5 Å². The van der Waals surface area contributed by atoms with E-state index < -0.39 is 0 Å². The van der Waals surface area contributed by atoms with Crippen molar-refractivity contribution >= 4 is 11.6 Å². The first-order chi connectivity index (χ1) is 8.78. The lowest BCUT2D eigenvalue weighted by Gasteiger charge is -2.09. The average molecular weight is 265 g/mol. The molecule has 0 bridgehead atoms. The average Bonchev–Trinajstić information content (AvgIpc) is 2.46. The minimum absolute atomic E-state index is 0.364. The molecule has 0 saturated carbocycles. The largest absolute Gasteiger partial charge is 0.493 e. The van der Waals surface area contributed by atoms with Crippen molar-refractivity contribution in [3.05, 3.63) is 36.2 Å². The Kier molecular flexibility index (Phi) is 3.99. The van der Waals surface area contributed by atoms with Gasteiger partial charge in [0.05, 0.1) is 25.8 Å². The van der Waals surface area contributed by atoms with Crippen molar-refractivity contribution < 1.29 is 9.47 Å². The van der Waals surface area contributed by atoms with Crippen molar-refractivity contribution in [2.45, 2.75) is 5.88 Å². The van der Waals surface area contributed by atoms with Gasteiger partial charge in [0.2, 0.25) is 0 Å². The van der Waals surface area contributed by atoms with Gasteiger partial charge in [0.15, 0.2) is 17.3 Å². The number of methoxy groups -OCH3 is 2. The van der Waals surface area contributed by atoms with E-state index in [0.29, 0.717) is 23.2 Å². The topological polar surface area (TPSA) is 44.2 Å². The molecule has 0 aliphatic heterocycles. The Hall–Kier alpha value is -1.81. The number of alkyl halides is 1. The van der Waals surface area contributed by atoms with Crippen LogP contribution in [0.25, 0.3) is 11.4 Å². The van der Waals surface area contributed by atoms with Crippen molar-refractivity contribution in [3.63, 3.8) is 0 Å². The number of rotatable bonds is 4. The minimum atomic E-state index is 0.364. The Morgan fingerprint density at radius 3 is 2.56 bits per heavy atom. The summed E-state index contributed by atoms with van der Waals surface area (Å²) < 4.78 is 10.4. The molecule has 0 fully saturated rings. The summed E-state index contributed by atoms with van der Waals surface area (Å²) in [7, 11) is 3.19. The highest BCUT2D eigenvalue weighted by Gasteiger charge is 2.08. The normalized spacial score (nSPS) is 10.2. The minimum Gasteiger partial charge on any atom is -0.493 e. The smallest absolute Gasteiger partial charge is 0.161 e. The summed E-state index contributed by atoms with van der Waals surface area (Å²) in [6.07, 6.45) is 1.69. The summed E-state index contributed by atoms with van der Waals surface area (Å²) in [6.45, 7) is 0. The van der Waals surface area contributed by atoms with Gasteiger partial charge in [-0.25, -0.2) is 9.97 Å². The van der Waals surface area contributed by atoms with Crippen LogP contribution in [0.4, 0.5) is 0 Å². The van der Waals surface area contributed by atoms with Crippen molar-refractivity contribution in [1.82, 2.24) is 9.97 Å². The summed E-state index contributed by atoms with van der Waals surface area (Å²) in [5.74, 6) is 2.31. The Morgan fingerprint density at radius 1 is 1.11 bits per heavy atom. The van der Waals surface area contributed by atoms with E-state index in [4.69, 9.17) is 21.1 Å². The van der Waals surface area contributed by atoms with Crippen LogP contribution in [0, 0.1) is 0 Å². The Morgan fingerprint density at radius 2 is 1.89 bits per heavy atom. The van der Waals surface area contributed by atoms with Gasteiger partial charge in [0.25, 0.3) is 0 Å². The van der Waals surface area contributed by atoms with Crippen molar-refractivity contribution in [2.24, 2.45) is 0 Å². The number of hydrogen-bond donors (Lipinski definition) is 0. The molecule has 94 valence electrons. The van der Waals surface area contributed by atoms with Gasteiger partial charge in [-0.1, -0.05) is 0 Å². The second-order valence-corrected chi connectivity index (χ2v) is 3.84. The molecule has 0 aliphatic carbocycles. The third kappa shape index (κ3) is 2.54. The van der Waals surface area contributed by atoms with Crippen LogP contribution in [0.15, 0.2) is 30.5 Å². The summed E-state index contributed by atoms with van der Waals surface area (Å²) >= 11 is 5.76. The Labute approximate surface area is 111 Å². The third-order valence-electron chi connectivity index (χ3n) is 2.49. The number of nitrogens with zero attached hydrogens (tertiary/aromatic N) is 2. The summed E-state index contributed by atoms with van der Waals surface area (Å²) in [5, 5.41) is 0. The first-order valence-electron chi connectivity index (χ1n) is 5.38. The fraction of sp³-hybridized carbons (Fsp3) is 0.231. The lowest BCUT2D eigenvalue weighted by Crippen LogP contribution is -1.95. The fourth-order valence-electron chi connectivity index (χ4n) is 1.58. The summed E-state index contributed by atoms with van der Waals surface area (Å²) in [4.78, 5) is 8.58. The van der Waals surface area contributed by atoms with Gasteiger partial charge in [0, 0.05) is 11.8 Å². The number of benzene rings is 1. The maximum Gasteiger partial charge on any atom is 0.161 e. The van der Waals surface area contributed by atoms with Gasteiger partial charge < -0.3 is 9.47 Å². The van der Waals surface area contributed by atoms with Crippen LogP contribution in [0.2, 0.25) is 0 Å². The lowest BCUT2D eigenvalue weighted by molar-refractivity contribution is 0.355. The molecule has 4 nitrogen and oxygen atoms in total. The second-order valence-electron chi connectivity index (χ2n) is 3.57. The number of halogens is 1. The van der Waals surface area contributed by atoms with E-state index in [1.807, 2.05) is 18.2 Å². The molecule has 2 aromatic rings. The number of ether oxygens (including phenoxy) is 2. The Bertz CT molecular complexity index is 546. The number of hydrogen-bond acceptors (Lipinski definition) is 4. The van der Waals surface area contributed by atoms with E-state index in [-0.39, 0.29) is 0 Å². The fourth-order valence-corrected chi connectivity index (χ4v) is 1.73. The van der Waals surface area contributed by atoms with Crippen molar-refractivity contribution in [3.8, 4) is 22.9 Å². The molecule has 0 spiro atoms. The van der Waals surface area contributed by atoms with Crippen LogP contribution in [-0.4, -0.2) is 24.2 Å². The molecular weight excluding hydrogens is 252 g/mol. The monoisotopic (exact) mass is 264 g/mol. The Balaban J connectivity index is 2.43. The van der Waals surface area contributed by atoms with E-state index in [1.54, 1.807) is 26.5 Å². The quantitative estimate of drug-likeness (QED) is 0.797. The molecule has 1 heterocycles. The van der Waals surface area contributed by atoms with E-state index in [0.717, 1.165) is 11.3 Å². The predicted molar refractivity (Wildman–Crippen MR) is 70.1 cm³/mol. The molecule has 5 heteroatoms. The van der Waals surface area contributed by atoms with E-state index >= 15 is 0 Å². The maximum absolute atomic E-state index is 5.76.